The van der Waals surface area contributed by atoms with E-state index >= 15 is 0 Å². The van der Waals surface area contributed by atoms with Crippen molar-refractivity contribution in [3.63, 3.8) is 0 Å². The summed E-state index contributed by atoms with van der Waals surface area (Å²) in [5.41, 5.74) is 2.27. The van der Waals surface area contributed by atoms with Crippen molar-refractivity contribution in [2.75, 3.05) is 31.1 Å². The maximum Gasteiger partial charge on any atom is 0.237 e. The van der Waals surface area contributed by atoms with Gasteiger partial charge in [-0.2, -0.15) is 0 Å². The first-order valence-corrected chi connectivity index (χ1v) is 9.52. The number of benzene rings is 2. The Morgan fingerprint density at radius 1 is 1.00 bits per heavy atom. The topological polar surface area (TPSA) is 35.6 Å². The van der Waals surface area contributed by atoms with E-state index in [1.54, 1.807) is 0 Å². The highest BCUT2D eigenvalue weighted by Crippen LogP contribution is 2.21. The summed E-state index contributed by atoms with van der Waals surface area (Å²) in [5, 5.41) is 3.89. The zero-order valence-corrected chi connectivity index (χ0v) is 16.1. The predicted octanol–water partition coefficient (Wildman–Crippen LogP) is 3.73. The first-order chi connectivity index (χ1) is 12.5. The molecule has 5 heteroatoms. The van der Waals surface area contributed by atoms with Crippen LogP contribution in [0, 0.1) is 0 Å². The van der Waals surface area contributed by atoms with Gasteiger partial charge in [0, 0.05) is 36.9 Å². The zero-order valence-electron chi connectivity index (χ0n) is 15.4. The second kappa shape index (κ2) is 8.56. The smallest absolute Gasteiger partial charge is 0.237 e. The lowest BCUT2D eigenvalue weighted by Gasteiger charge is -2.38. The summed E-state index contributed by atoms with van der Waals surface area (Å²) in [7, 11) is 0. The Labute approximate surface area is 160 Å². The predicted molar refractivity (Wildman–Crippen MR) is 108 cm³/mol. The van der Waals surface area contributed by atoms with Crippen molar-refractivity contribution in [3.8, 4) is 0 Å². The minimum Gasteiger partial charge on any atom is -0.369 e. The molecule has 1 amide bonds. The molecule has 0 aliphatic carbocycles. The Bertz CT molecular complexity index is 729. The average Bonchev–Trinajstić information content (AvgIpc) is 2.68. The Morgan fingerprint density at radius 3 is 2.35 bits per heavy atom. The van der Waals surface area contributed by atoms with Crippen molar-refractivity contribution in [1.29, 1.82) is 0 Å². The van der Waals surface area contributed by atoms with Gasteiger partial charge < -0.3 is 10.2 Å². The van der Waals surface area contributed by atoms with E-state index in [1.165, 1.54) is 0 Å². The molecule has 138 valence electrons. The maximum atomic E-state index is 12.6. The first-order valence-electron chi connectivity index (χ1n) is 9.14. The molecule has 0 aromatic heterocycles. The van der Waals surface area contributed by atoms with Crippen molar-refractivity contribution < 1.29 is 4.79 Å². The fourth-order valence-corrected chi connectivity index (χ4v) is 3.55. The molecule has 2 atom stereocenters. The van der Waals surface area contributed by atoms with Crippen LogP contribution in [0.4, 0.5) is 5.69 Å². The van der Waals surface area contributed by atoms with Gasteiger partial charge in [-0.25, -0.2) is 0 Å². The van der Waals surface area contributed by atoms with E-state index < -0.39 is 0 Å². The van der Waals surface area contributed by atoms with E-state index in [1.807, 2.05) is 62.4 Å². The highest BCUT2D eigenvalue weighted by Gasteiger charge is 2.26. The number of anilines is 1. The lowest BCUT2D eigenvalue weighted by molar-refractivity contribution is -0.126. The number of hydrogen-bond donors (Lipinski definition) is 1. The second-order valence-electron chi connectivity index (χ2n) is 6.82. The Kier molecular flexibility index (Phi) is 6.17. The van der Waals surface area contributed by atoms with Crippen LogP contribution >= 0.6 is 11.6 Å². The summed E-state index contributed by atoms with van der Waals surface area (Å²) in [6.07, 6.45) is 0. The number of halogens is 1. The summed E-state index contributed by atoms with van der Waals surface area (Å²) < 4.78 is 0. The number of amides is 1. The number of hydrogen-bond acceptors (Lipinski definition) is 3. The highest BCUT2D eigenvalue weighted by molar-refractivity contribution is 6.30. The lowest BCUT2D eigenvalue weighted by atomic mass is 10.1. The third kappa shape index (κ3) is 4.57. The summed E-state index contributed by atoms with van der Waals surface area (Å²) in [6.45, 7) is 7.53. The van der Waals surface area contributed by atoms with Crippen LogP contribution in [-0.2, 0) is 4.79 Å². The number of nitrogens with zero attached hydrogens (tertiary/aromatic N) is 2. The van der Waals surface area contributed by atoms with Crippen LogP contribution in [0.1, 0.15) is 25.5 Å². The molecule has 0 unspecified atom stereocenters. The Balaban J connectivity index is 1.53. The molecule has 0 saturated carbocycles. The molecule has 1 aliphatic heterocycles. The van der Waals surface area contributed by atoms with Gasteiger partial charge in [0.2, 0.25) is 5.91 Å². The van der Waals surface area contributed by atoms with E-state index in [0.29, 0.717) is 0 Å². The van der Waals surface area contributed by atoms with Crippen molar-refractivity contribution in [2.45, 2.75) is 25.9 Å². The standard InChI is InChI=1S/C21H26ClN3O/c1-16(18-7-4-3-5-8-18)23-21(26)17(2)24-11-13-25(14-12-24)20-10-6-9-19(22)15-20/h3-10,15-17H,11-14H2,1-2H3,(H,23,26)/t16-,17+/m1/s1. The molecular weight excluding hydrogens is 346 g/mol. The summed E-state index contributed by atoms with van der Waals surface area (Å²) in [4.78, 5) is 17.2. The van der Waals surface area contributed by atoms with E-state index in [-0.39, 0.29) is 18.0 Å². The molecule has 1 saturated heterocycles. The van der Waals surface area contributed by atoms with Crippen LogP contribution in [0.25, 0.3) is 0 Å². The minimum absolute atomic E-state index is 0.0129. The van der Waals surface area contributed by atoms with Crippen LogP contribution in [0.3, 0.4) is 0 Å². The molecule has 4 nitrogen and oxygen atoms in total. The van der Waals surface area contributed by atoms with Gasteiger partial charge in [-0.3, -0.25) is 9.69 Å². The number of carbonyl (C=O) groups is 1. The van der Waals surface area contributed by atoms with Gasteiger partial charge in [0.25, 0.3) is 0 Å². The minimum atomic E-state index is -0.136. The number of rotatable bonds is 5. The quantitative estimate of drug-likeness (QED) is 0.869. The molecule has 0 radical (unpaired) electrons. The van der Waals surface area contributed by atoms with Gasteiger partial charge in [0.1, 0.15) is 0 Å². The largest absolute Gasteiger partial charge is 0.369 e. The number of nitrogens with one attached hydrogen (secondary N) is 1. The van der Waals surface area contributed by atoms with Gasteiger partial charge in [-0.15, -0.1) is 0 Å². The van der Waals surface area contributed by atoms with E-state index in [4.69, 9.17) is 11.6 Å². The molecule has 2 aromatic carbocycles. The molecule has 2 aromatic rings. The summed E-state index contributed by atoms with van der Waals surface area (Å²) >= 11 is 6.09. The molecule has 0 spiro atoms. The van der Waals surface area contributed by atoms with E-state index in [2.05, 4.69) is 21.2 Å². The SMILES string of the molecule is C[C@@H](NC(=O)[C@H](C)N1CCN(c2cccc(Cl)c2)CC1)c1ccccc1. The zero-order chi connectivity index (χ0) is 18.5. The molecule has 26 heavy (non-hydrogen) atoms. The van der Waals surface area contributed by atoms with Crippen LogP contribution in [-0.4, -0.2) is 43.0 Å². The summed E-state index contributed by atoms with van der Waals surface area (Å²) in [5.74, 6) is 0.0811. The molecule has 0 bridgehead atoms. The summed E-state index contributed by atoms with van der Waals surface area (Å²) in [6, 6.07) is 17.9. The van der Waals surface area contributed by atoms with Crippen LogP contribution in [0.15, 0.2) is 54.6 Å². The molecule has 1 aliphatic rings. The Morgan fingerprint density at radius 2 is 1.69 bits per heavy atom. The van der Waals surface area contributed by atoms with Gasteiger partial charge in [0.15, 0.2) is 0 Å². The lowest BCUT2D eigenvalue weighted by Crippen LogP contribution is -2.54. The third-order valence-corrected chi connectivity index (χ3v) is 5.31. The van der Waals surface area contributed by atoms with Crippen molar-refractivity contribution in [1.82, 2.24) is 10.2 Å². The number of piperazine rings is 1. The van der Waals surface area contributed by atoms with Crippen LogP contribution in [0.2, 0.25) is 5.02 Å². The van der Waals surface area contributed by atoms with Crippen molar-refractivity contribution in [3.05, 3.63) is 65.2 Å². The van der Waals surface area contributed by atoms with Crippen LogP contribution in [0.5, 0.6) is 0 Å². The molecule has 1 N–H and O–H groups in total. The fraction of sp³-hybridized carbons (Fsp3) is 0.381. The molecule has 1 fully saturated rings. The van der Waals surface area contributed by atoms with Gasteiger partial charge in [-0.05, 0) is 37.6 Å². The number of carbonyl (C=O) groups excluding carboxylic acids is 1. The molecule has 1 heterocycles. The van der Waals surface area contributed by atoms with E-state index in [9.17, 15) is 4.79 Å². The normalized spacial score (nSPS) is 17.6. The third-order valence-electron chi connectivity index (χ3n) is 5.07. The van der Waals surface area contributed by atoms with Crippen molar-refractivity contribution in [2.24, 2.45) is 0 Å². The van der Waals surface area contributed by atoms with Gasteiger partial charge in [0.05, 0.1) is 12.1 Å². The van der Waals surface area contributed by atoms with Gasteiger partial charge in [-0.1, -0.05) is 48.0 Å². The van der Waals surface area contributed by atoms with Gasteiger partial charge >= 0.3 is 0 Å². The maximum absolute atomic E-state index is 12.6. The average molecular weight is 372 g/mol. The van der Waals surface area contributed by atoms with Crippen LogP contribution < -0.4 is 10.2 Å². The van der Waals surface area contributed by atoms with Crippen molar-refractivity contribution >= 4 is 23.2 Å². The second-order valence-corrected chi connectivity index (χ2v) is 7.26. The van der Waals surface area contributed by atoms with E-state index in [0.717, 1.165) is 42.5 Å². The molecular formula is C21H26ClN3O. The monoisotopic (exact) mass is 371 g/mol. The Hall–Kier alpha value is -2.04. The molecule has 3 rings (SSSR count). The fourth-order valence-electron chi connectivity index (χ4n) is 3.37. The first kappa shape index (κ1) is 18.7. The highest BCUT2D eigenvalue weighted by atomic mass is 35.5.